The third kappa shape index (κ3) is 5.26. The van der Waals surface area contributed by atoms with Crippen LogP contribution in [0.5, 0.6) is 0 Å². The van der Waals surface area contributed by atoms with E-state index in [1.54, 1.807) is 4.90 Å². The molecular weight excluding hydrogens is 423 g/mol. The molecule has 1 atom stereocenters. The van der Waals surface area contributed by atoms with Crippen LogP contribution in [0.3, 0.4) is 0 Å². The third-order valence-corrected chi connectivity index (χ3v) is 6.07. The Kier molecular flexibility index (Phi) is 6.89. The van der Waals surface area contributed by atoms with Crippen molar-refractivity contribution in [2.45, 2.75) is 37.9 Å². The number of hydrogen-bond donors (Lipinski definition) is 3. The van der Waals surface area contributed by atoms with E-state index in [0.29, 0.717) is 31.1 Å². The topological polar surface area (TPSA) is 86.7 Å². The van der Waals surface area contributed by atoms with Crippen LogP contribution in [0.4, 0.5) is 15.0 Å². The highest BCUT2D eigenvalue weighted by Crippen LogP contribution is 2.24. The lowest BCUT2D eigenvalue weighted by Crippen LogP contribution is -2.44. The number of ether oxygens (including phenoxy) is 1. The first-order chi connectivity index (χ1) is 15.0. The van der Waals surface area contributed by atoms with Gasteiger partial charge in [-0.05, 0) is 54.2 Å². The number of rotatable bonds is 5. The molecule has 0 bridgehead atoms. The second-order valence-electron chi connectivity index (χ2n) is 7.90. The molecule has 9 heteroatoms. The second kappa shape index (κ2) is 9.80. The summed E-state index contributed by atoms with van der Waals surface area (Å²) in [5.74, 6) is 0.266. The van der Waals surface area contributed by atoms with E-state index in [-0.39, 0.29) is 17.7 Å². The summed E-state index contributed by atoms with van der Waals surface area (Å²) in [7, 11) is 0. The predicted octanol–water partition coefficient (Wildman–Crippen LogP) is 3.27. The maximum atomic E-state index is 13.4. The Hall–Kier alpha value is -2.42. The SMILES string of the molecule is O=C(NC(CO)c1ccc(F)c(Cl)c1)N1CCc2cnc(NC3CCOCC3)cc2C1. The second-order valence-corrected chi connectivity index (χ2v) is 8.31. The van der Waals surface area contributed by atoms with Crippen molar-refractivity contribution in [2.75, 3.05) is 31.7 Å². The number of carbonyl (C=O) groups is 1. The Labute approximate surface area is 185 Å². The quantitative estimate of drug-likeness (QED) is 0.653. The molecule has 1 unspecified atom stereocenters. The molecule has 0 saturated carbocycles. The van der Waals surface area contributed by atoms with E-state index < -0.39 is 11.9 Å². The molecule has 166 valence electrons. The summed E-state index contributed by atoms with van der Waals surface area (Å²) in [6.07, 6.45) is 4.48. The highest BCUT2D eigenvalue weighted by atomic mass is 35.5. The van der Waals surface area contributed by atoms with Gasteiger partial charge in [-0.25, -0.2) is 14.2 Å². The molecule has 1 fully saturated rings. The summed E-state index contributed by atoms with van der Waals surface area (Å²) < 4.78 is 18.8. The maximum Gasteiger partial charge on any atom is 0.318 e. The molecular formula is C22H26ClFN4O3. The predicted molar refractivity (Wildman–Crippen MR) is 116 cm³/mol. The van der Waals surface area contributed by atoms with Gasteiger partial charge in [0.05, 0.1) is 17.7 Å². The smallest absolute Gasteiger partial charge is 0.318 e. The van der Waals surface area contributed by atoms with E-state index in [0.717, 1.165) is 43.0 Å². The summed E-state index contributed by atoms with van der Waals surface area (Å²) in [5, 5.41) is 16.0. The number of nitrogens with zero attached hydrogens (tertiary/aromatic N) is 2. The molecule has 1 aromatic heterocycles. The van der Waals surface area contributed by atoms with Crippen LogP contribution in [0.25, 0.3) is 0 Å². The van der Waals surface area contributed by atoms with Crippen LogP contribution in [0.2, 0.25) is 5.02 Å². The van der Waals surface area contributed by atoms with Gasteiger partial charge in [0, 0.05) is 38.5 Å². The number of pyridine rings is 1. The average Bonchev–Trinajstić information content (AvgIpc) is 2.79. The lowest BCUT2D eigenvalue weighted by molar-refractivity contribution is 0.0904. The van der Waals surface area contributed by atoms with Gasteiger partial charge in [-0.1, -0.05) is 17.7 Å². The first-order valence-electron chi connectivity index (χ1n) is 10.5. The zero-order chi connectivity index (χ0) is 21.8. The van der Waals surface area contributed by atoms with Crippen molar-refractivity contribution in [2.24, 2.45) is 0 Å². The first kappa shape index (κ1) is 21.8. The van der Waals surface area contributed by atoms with E-state index >= 15 is 0 Å². The Morgan fingerprint density at radius 3 is 2.87 bits per heavy atom. The van der Waals surface area contributed by atoms with Gasteiger partial charge in [0.15, 0.2) is 0 Å². The summed E-state index contributed by atoms with van der Waals surface area (Å²) in [5.41, 5.74) is 2.73. The van der Waals surface area contributed by atoms with Crippen molar-refractivity contribution in [3.8, 4) is 0 Å². The molecule has 1 saturated heterocycles. The standard InChI is InChI=1S/C22H26ClFN4O3/c23-18-9-14(1-2-19(18)24)20(13-29)27-22(30)28-6-3-15-11-25-21(10-16(15)12-28)26-17-4-7-31-8-5-17/h1-2,9-11,17,20,29H,3-8,12-13H2,(H,25,26)(H,27,30). The number of urea groups is 1. The van der Waals surface area contributed by atoms with Gasteiger partial charge in [-0.15, -0.1) is 0 Å². The van der Waals surface area contributed by atoms with Crippen molar-refractivity contribution in [3.05, 3.63) is 58.0 Å². The number of carbonyl (C=O) groups excluding carboxylic acids is 1. The molecule has 1 aromatic carbocycles. The summed E-state index contributed by atoms with van der Waals surface area (Å²) in [4.78, 5) is 19.1. The highest BCUT2D eigenvalue weighted by Gasteiger charge is 2.24. The number of nitrogens with one attached hydrogen (secondary N) is 2. The number of aromatic nitrogens is 1. The van der Waals surface area contributed by atoms with Crippen molar-refractivity contribution in [1.29, 1.82) is 0 Å². The Balaban J connectivity index is 1.41. The van der Waals surface area contributed by atoms with Gasteiger partial charge in [0.2, 0.25) is 0 Å². The number of halogens is 2. The summed E-state index contributed by atoms with van der Waals surface area (Å²) in [6, 6.07) is 5.54. The van der Waals surface area contributed by atoms with E-state index in [4.69, 9.17) is 16.3 Å². The first-order valence-corrected chi connectivity index (χ1v) is 10.8. The van der Waals surface area contributed by atoms with Crippen molar-refractivity contribution < 1.29 is 19.0 Å². The van der Waals surface area contributed by atoms with Gasteiger partial charge in [0.1, 0.15) is 11.6 Å². The molecule has 2 aliphatic rings. The molecule has 2 amide bonds. The third-order valence-electron chi connectivity index (χ3n) is 5.78. The Morgan fingerprint density at radius 1 is 1.32 bits per heavy atom. The number of fused-ring (bicyclic) bond motifs is 1. The van der Waals surface area contributed by atoms with E-state index in [1.807, 2.05) is 12.3 Å². The maximum absolute atomic E-state index is 13.4. The minimum atomic E-state index is -0.671. The van der Waals surface area contributed by atoms with Gasteiger partial charge >= 0.3 is 6.03 Å². The summed E-state index contributed by atoms with van der Waals surface area (Å²) in [6.45, 7) is 2.19. The van der Waals surface area contributed by atoms with Crippen LogP contribution in [-0.2, 0) is 17.7 Å². The van der Waals surface area contributed by atoms with E-state index in [9.17, 15) is 14.3 Å². The van der Waals surface area contributed by atoms with Gasteiger partial charge in [-0.3, -0.25) is 0 Å². The molecule has 2 aliphatic heterocycles. The number of anilines is 1. The van der Waals surface area contributed by atoms with Crippen LogP contribution in [0, 0.1) is 5.82 Å². The lowest BCUT2D eigenvalue weighted by Gasteiger charge is -2.31. The van der Waals surface area contributed by atoms with Crippen LogP contribution >= 0.6 is 11.6 Å². The molecule has 7 nitrogen and oxygen atoms in total. The van der Waals surface area contributed by atoms with Crippen molar-refractivity contribution in [3.63, 3.8) is 0 Å². The molecule has 3 N–H and O–H groups in total. The van der Waals surface area contributed by atoms with Crippen LogP contribution in [0.15, 0.2) is 30.5 Å². The zero-order valence-electron chi connectivity index (χ0n) is 17.1. The molecule has 2 aromatic rings. The molecule has 0 spiro atoms. The number of benzene rings is 1. The fraction of sp³-hybridized carbons (Fsp3) is 0.455. The molecule has 4 rings (SSSR count). The normalized spacial score (nSPS) is 17.7. The Morgan fingerprint density at radius 2 is 2.13 bits per heavy atom. The minimum Gasteiger partial charge on any atom is -0.394 e. The lowest BCUT2D eigenvalue weighted by atomic mass is 10.0. The molecule has 3 heterocycles. The van der Waals surface area contributed by atoms with Gasteiger partial charge in [0.25, 0.3) is 0 Å². The molecule has 31 heavy (non-hydrogen) atoms. The van der Waals surface area contributed by atoms with E-state index in [2.05, 4.69) is 15.6 Å². The fourth-order valence-electron chi connectivity index (χ4n) is 3.94. The number of aliphatic hydroxyl groups is 1. The van der Waals surface area contributed by atoms with Crippen molar-refractivity contribution >= 4 is 23.4 Å². The minimum absolute atomic E-state index is 0.0471. The summed E-state index contributed by atoms with van der Waals surface area (Å²) >= 11 is 5.84. The monoisotopic (exact) mass is 448 g/mol. The highest BCUT2D eigenvalue weighted by molar-refractivity contribution is 6.30. The van der Waals surface area contributed by atoms with Crippen molar-refractivity contribution in [1.82, 2.24) is 15.2 Å². The van der Waals surface area contributed by atoms with Crippen LogP contribution in [-0.4, -0.2) is 53.4 Å². The number of hydrogen-bond acceptors (Lipinski definition) is 5. The fourth-order valence-corrected chi connectivity index (χ4v) is 4.13. The van der Waals surface area contributed by atoms with E-state index in [1.165, 1.54) is 18.2 Å². The Bertz CT molecular complexity index is 939. The largest absolute Gasteiger partial charge is 0.394 e. The molecule has 0 radical (unpaired) electrons. The van der Waals surface area contributed by atoms with Crippen LogP contribution < -0.4 is 10.6 Å². The van der Waals surface area contributed by atoms with Gasteiger partial charge < -0.3 is 25.4 Å². The number of aliphatic hydroxyl groups excluding tert-OH is 1. The van der Waals surface area contributed by atoms with Gasteiger partial charge in [-0.2, -0.15) is 0 Å². The number of amides is 2. The molecule has 0 aliphatic carbocycles. The average molecular weight is 449 g/mol. The van der Waals surface area contributed by atoms with Crippen LogP contribution in [0.1, 0.15) is 35.6 Å². The zero-order valence-corrected chi connectivity index (χ0v) is 17.9.